The molecule has 1 N–H and O–H groups in total. The summed E-state index contributed by atoms with van der Waals surface area (Å²) < 4.78 is 1.81. The second-order valence-corrected chi connectivity index (χ2v) is 3.46. The van der Waals surface area contributed by atoms with E-state index in [1.54, 1.807) is 12.3 Å². The Morgan fingerprint density at radius 1 is 1.38 bits per heavy atom. The second-order valence-electron chi connectivity index (χ2n) is 3.46. The lowest BCUT2D eigenvalue weighted by atomic mass is 10.2. The average Bonchev–Trinajstić information content (AvgIpc) is 2.72. The fraction of sp³-hybridized carbons (Fsp3) is 0.167. The smallest absolute Gasteiger partial charge is 0.101 e. The Kier molecular flexibility index (Phi) is 2.88. The Morgan fingerprint density at radius 3 is 2.88 bits per heavy atom. The van der Waals surface area contributed by atoms with Gasteiger partial charge in [0.05, 0.1) is 23.5 Å². The molecule has 0 fully saturated rings. The molecule has 1 heterocycles. The molecule has 0 aliphatic rings. The van der Waals surface area contributed by atoms with Crippen molar-refractivity contribution in [2.24, 2.45) is 7.05 Å². The number of hydrogen-bond acceptors (Lipinski definition) is 3. The molecule has 80 valence electrons. The molecule has 0 amide bonds. The first-order valence-corrected chi connectivity index (χ1v) is 5.01. The van der Waals surface area contributed by atoms with Gasteiger partial charge in [0.1, 0.15) is 6.07 Å². The van der Waals surface area contributed by atoms with E-state index in [-0.39, 0.29) is 0 Å². The van der Waals surface area contributed by atoms with Crippen molar-refractivity contribution in [3.05, 3.63) is 47.8 Å². The van der Waals surface area contributed by atoms with Gasteiger partial charge in [-0.2, -0.15) is 10.4 Å². The standard InChI is InChI=1S/C12H12N4/c1-16-11(6-7-15-16)9-14-12-5-3-2-4-10(12)8-13/h2-7,14H,9H2,1H3. The first-order valence-electron chi connectivity index (χ1n) is 5.01. The van der Waals surface area contributed by atoms with Crippen molar-refractivity contribution < 1.29 is 0 Å². The zero-order valence-electron chi connectivity index (χ0n) is 9.01. The van der Waals surface area contributed by atoms with E-state index in [1.165, 1.54) is 0 Å². The highest BCUT2D eigenvalue weighted by Gasteiger charge is 2.01. The molecule has 0 saturated carbocycles. The zero-order valence-corrected chi connectivity index (χ0v) is 9.01. The summed E-state index contributed by atoms with van der Waals surface area (Å²) in [5, 5.41) is 16.2. The maximum atomic E-state index is 8.92. The summed E-state index contributed by atoms with van der Waals surface area (Å²) in [5.74, 6) is 0. The van der Waals surface area contributed by atoms with Gasteiger partial charge in [-0.1, -0.05) is 12.1 Å². The third-order valence-corrected chi connectivity index (χ3v) is 2.43. The van der Waals surface area contributed by atoms with Gasteiger partial charge in [0.15, 0.2) is 0 Å². The van der Waals surface area contributed by atoms with Gasteiger partial charge in [-0.05, 0) is 18.2 Å². The summed E-state index contributed by atoms with van der Waals surface area (Å²) in [7, 11) is 1.90. The lowest BCUT2D eigenvalue weighted by Crippen LogP contribution is -2.06. The molecule has 16 heavy (non-hydrogen) atoms. The van der Waals surface area contributed by atoms with Gasteiger partial charge in [-0.15, -0.1) is 0 Å². The summed E-state index contributed by atoms with van der Waals surface area (Å²) in [6.45, 7) is 0.662. The number of hydrogen-bond donors (Lipinski definition) is 1. The van der Waals surface area contributed by atoms with Crippen molar-refractivity contribution in [3.8, 4) is 6.07 Å². The molecule has 2 rings (SSSR count). The predicted octanol–water partition coefficient (Wildman–Crippen LogP) is 1.90. The van der Waals surface area contributed by atoms with Gasteiger partial charge < -0.3 is 5.32 Å². The van der Waals surface area contributed by atoms with E-state index in [9.17, 15) is 0 Å². The van der Waals surface area contributed by atoms with Crippen LogP contribution in [0.4, 0.5) is 5.69 Å². The minimum absolute atomic E-state index is 0.657. The number of aryl methyl sites for hydroxylation is 1. The summed E-state index contributed by atoms with van der Waals surface area (Å²) >= 11 is 0. The van der Waals surface area contributed by atoms with Crippen LogP contribution >= 0.6 is 0 Å². The summed E-state index contributed by atoms with van der Waals surface area (Å²) in [6, 6.07) is 11.6. The molecule has 4 heteroatoms. The molecule has 1 aromatic heterocycles. The quantitative estimate of drug-likeness (QED) is 0.845. The van der Waals surface area contributed by atoms with E-state index in [0.29, 0.717) is 12.1 Å². The molecule has 0 saturated heterocycles. The molecule has 4 nitrogen and oxygen atoms in total. The maximum absolute atomic E-state index is 8.92. The normalized spacial score (nSPS) is 9.75. The molecule has 1 aromatic carbocycles. The van der Waals surface area contributed by atoms with Crippen LogP contribution in [0.3, 0.4) is 0 Å². The van der Waals surface area contributed by atoms with Crippen LogP contribution in [-0.4, -0.2) is 9.78 Å². The predicted molar refractivity (Wildman–Crippen MR) is 61.7 cm³/mol. The van der Waals surface area contributed by atoms with Crippen LogP contribution in [-0.2, 0) is 13.6 Å². The van der Waals surface area contributed by atoms with Gasteiger partial charge in [0, 0.05) is 13.2 Å². The van der Waals surface area contributed by atoms with Crippen molar-refractivity contribution in [2.75, 3.05) is 5.32 Å². The summed E-state index contributed by atoms with van der Waals surface area (Å²) in [6.07, 6.45) is 1.76. The number of benzene rings is 1. The Hall–Kier alpha value is -2.28. The van der Waals surface area contributed by atoms with E-state index in [4.69, 9.17) is 5.26 Å². The van der Waals surface area contributed by atoms with Gasteiger partial charge >= 0.3 is 0 Å². The minimum Gasteiger partial charge on any atom is -0.378 e. The van der Waals surface area contributed by atoms with Crippen LogP contribution in [0.2, 0.25) is 0 Å². The number of anilines is 1. The van der Waals surface area contributed by atoms with Crippen LogP contribution in [0.15, 0.2) is 36.5 Å². The van der Waals surface area contributed by atoms with E-state index < -0.39 is 0 Å². The van der Waals surface area contributed by atoms with E-state index in [2.05, 4.69) is 16.5 Å². The van der Waals surface area contributed by atoms with E-state index >= 15 is 0 Å². The monoisotopic (exact) mass is 212 g/mol. The van der Waals surface area contributed by atoms with Crippen LogP contribution in [0.5, 0.6) is 0 Å². The van der Waals surface area contributed by atoms with Gasteiger partial charge in [-0.3, -0.25) is 4.68 Å². The highest BCUT2D eigenvalue weighted by atomic mass is 15.3. The van der Waals surface area contributed by atoms with Crippen molar-refractivity contribution in [2.45, 2.75) is 6.54 Å². The van der Waals surface area contributed by atoms with Crippen molar-refractivity contribution in [3.63, 3.8) is 0 Å². The highest BCUT2D eigenvalue weighted by molar-refractivity contribution is 5.57. The number of rotatable bonds is 3. The molecule has 0 aliphatic carbocycles. The second kappa shape index (κ2) is 4.49. The number of aromatic nitrogens is 2. The number of para-hydroxylation sites is 1. The first kappa shape index (κ1) is 10.2. The molecule has 0 aliphatic heterocycles. The summed E-state index contributed by atoms with van der Waals surface area (Å²) in [4.78, 5) is 0. The molecule has 0 atom stereocenters. The SMILES string of the molecule is Cn1nccc1CNc1ccccc1C#N. The molecule has 2 aromatic rings. The Labute approximate surface area is 94.1 Å². The van der Waals surface area contributed by atoms with E-state index in [1.807, 2.05) is 36.0 Å². The Bertz CT molecular complexity index is 522. The van der Waals surface area contributed by atoms with Crippen LogP contribution in [0.1, 0.15) is 11.3 Å². The fourth-order valence-corrected chi connectivity index (χ4v) is 1.50. The molecular formula is C12H12N4. The van der Waals surface area contributed by atoms with Crippen molar-refractivity contribution in [1.29, 1.82) is 5.26 Å². The average molecular weight is 212 g/mol. The fourth-order valence-electron chi connectivity index (χ4n) is 1.50. The molecule has 0 spiro atoms. The van der Waals surface area contributed by atoms with Crippen molar-refractivity contribution in [1.82, 2.24) is 9.78 Å². The minimum atomic E-state index is 0.657. The Morgan fingerprint density at radius 2 is 2.19 bits per heavy atom. The number of nitrogens with one attached hydrogen (secondary N) is 1. The van der Waals surface area contributed by atoms with Crippen LogP contribution < -0.4 is 5.32 Å². The Balaban J connectivity index is 2.11. The zero-order chi connectivity index (χ0) is 11.4. The third kappa shape index (κ3) is 2.04. The number of nitrogens with zero attached hydrogens (tertiary/aromatic N) is 3. The lowest BCUT2D eigenvalue weighted by Gasteiger charge is -2.07. The molecule has 0 unspecified atom stereocenters. The highest BCUT2D eigenvalue weighted by Crippen LogP contribution is 2.14. The maximum Gasteiger partial charge on any atom is 0.101 e. The van der Waals surface area contributed by atoms with Crippen LogP contribution in [0.25, 0.3) is 0 Å². The van der Waals surface area contributed by atoms with Gasteiger partial charge in [0.25, 0.3) is 0 Å². The first-order chi connectivity index (χ1) is 7.81. The molecule has 0 bridgehead atoms. The molecule has 0 radical (unpaired) electrons. The van der Waals surface area contributed by atoms with Gasteiger partial charge in [0.2, 0.25) is 0 Å². The van der Waals surface area contributed by atoms with Gasteiger partial charge in [-0.25, -0.2) is 0 Å². The third-order valence-electron chi connectivity index (χ3n) is 2.43. The number of nitriles is 1. The largest absolute Gasteiger partial charge is 0.378 e. The molecular weight excluding hydrogens is 200 g/mol. The topological polar surface area (TPSA) is 53.6 Å². The lowest BCUT2D eigenvalue weighted by molar-refractivity contribution is 0.720. The summed E-state index contributed by atoms with van der Waals surface area (Å²) in [5.41, 5.74) is 2.59. The van der Waals surface area contributed by atoms with Crippen LogP contribution in [0, 0.1) is 11.3 Å². The van der Waals surface area contributed by atoms with E-state index in [0.717, 1.165) is 11.4 Å². The van der Waals surface area contributed by atoms with Crippen molar-refractivity contribution >= 4 is 5.69 Å².